The molecule has 2 heterocycles. The standard InChI is InChI=1S/C19H20BrN3O2/c1-22(11-14-6-2-3-8-17(14)20)19(25)15-10-18(24)23(12-15)13-16-7-4-5-9-21-16/h2-9,15H,10-13H2,1H3/t15-/m1/s1. The third-order valence-corrected chi connectivity index (χ3v) is 5.16. The van der Waals surface area contributed by atoms with Crippen LogP contribution in [0.5, 0.6) is 0 Å². The lowest BCUT2D eigenvalue weighted by molar-refractivity contribution is -0.135. The van der Waals surface area contributed by atoms with E-state index in [9.17, 15) is 9.59 Å². The largest absolute Gasteiger partial charge is 0.341 e. The summed E-state index contributed by atoms with van der Waals surface area (Å²) in [5.41, 5.74) is 1.89. The number of aromatic nitrogens is 1. The van der Waals surface area contributed by atoms with Crippen LogP contribution >= 0.6 is 15.9 Å². The van der Waals surface area contributed by atoms with Crippen molar-refractivity contribution in [1.29, 1.82) is 0 Å². The molecule has 1 aliphatic heterocycles. The molecule has 2 aromatic rings. The van der Waals surface area contributed by atoms with Crippen molar-refractivity contribution in [2.24, 2.45) is 5.92 Å². The lowest BCUT2D eigenvalue weighted by atomic mass is 10.1. The van der Waals surface area contributed by atoms with E-state index in [1.165, 1.54) is 0 Å². The van der Waals surface area contributed by atoms with Gasteiger partial charge in [0, 0.05) is 37.2 Å². The van der Waals surface area contributed by atoms with Gasteiger partial charge in [0.1, 0.15) is 0 Å². The van der Waals surface area contributed by atoms with E-state index in [-0.39, 0.29) is 24.2 Å². The highest BCUT2D eigenvalue weighted by atomic mass is 79.9. The second-order valence-electron chi connectivity index (χ2n) is 6.28. The third-order valence-electron chi connectivity index (χ3n) is 4.38. The molecule has 0 aliphatic carbocycles. The molecular formula is C19H20BrN3O2. The van der Waals surface area contributed by atoms with Gasteiger partial charge in [-0.25, -0.2) is 0 Å². The predicted octanol–water partition coefficient (Wildman–Crippen LogP) is 2.85. The number of amides is 2. The Hall–Kier alpha value is -2.21. The van der Waals surface area contributed by atoms with E-state index in [1.807, 2.05) is 42.5 Å². The molecule has 0 spiro atoms. The maximum atomic E-state index is 12.7. The van der Waals surface area contributed by atoms with Crippen molar-refractivity contribution in [3.63, 3.8) is 0 Å². The fraction of sp³-hybridized carbons (Fsp3) is 0.316. The maximum Gasteiger partial charge on any atom is 0.228 e. The fourth-order valence-corrected chi connectivity index (χ4v) is 3.46. The van der Waals surface area contributed by atoms with Crippen molar-refractivity contribution in [2.45, 2.75) is 19.5 Å². The van der Waals surface area contributed by atoms with Crippen LogP contribution in [0.2, 0.25) is 0 Å². The molecule has 25 heavy (non-hydrogen) atoms. The topological polar surface area (TPSA) is 53.5 Å². The maximum absolute atomic E-state index is 12.7. The van der Waals surface area contributed by atoms with Crippen molar-refractivity contribution in [3.05, 3.63) is 64.4 Å². The van der Waals surface area contributed by atoms with Crippen LogP contribution in [-0.2, 0) is 22.7 Å². The van der Waals surface area contributed by atoms with Gasteiger partial charge in [0.05, 0.1) is 18.2 Å². The molecule has 3 rings (SSSR count). The summed E-state index contributed by atoms with van der Waals surface area (Å²) in [6.45, 7) is 1.43. The average Bonchev–Trinajstić information content (AvgIpc) is 2.98. The first-order chi connectivity index (χ1) is 12.0. The number of pyridine rings is 1. The molecule has 5 nitrogen and oxygen atoms in total. The molecule has 0 unspecified atom stereocenters. The molecule has 0 N–H and O–H groups in total. The molecular weight excluding hydrogens is 382 g/mol. The quantitative estimate of drug-likeness (QED) is 0.773. The number of halogens is 1. The van der Waals surface area contributed by atoms with Gasteiger partial charge in [-0.15, -0.1) is 0 Å². The Labute approximate surface area is 155 Å². The van der Waals surface area contributed by atoms with Gasteiger partial charge in [0.15, 0.2) is 0 Å². The number of rotatable bonds is 5. The summed E-state index contributed by atoms with van der Waals surface area (Å²) < 4.78 is 0.980. The van der Waals surface area contributed by atoms with Crippen molar-refractivity contribution in [2.75, 3.05) is 13.6 Å². The van der Waals surface area contributed by atoms with E-state index >= 15 is 0 Å². The lowest BCUT2D eigenvalue weighted by Crippen LogP contribution is -2.34. The zero-order valence-corrected chi connectivity index (χ0v) is 15.6. The average molecular weight is 402 g/mol. The first kappa shape index (κ1) is 17.6. The highest BCUT2D eigenvalue weighted by molar-refractivity contribution is 9.10. The molecule has 0 radical (unpaired) electrons. The van der Waals surface area contributed by atoms with Crippen molar-refractivity contribution in [1.82, 2.24) is 14.8 Å². The number of hydrogen-bond donors (Lipinski definition) is 0. The summed E-state index contributed by atoms with van der Waals surface area (Å²) in [5.74, 6) is -0.269. The van der Waals surface area contributed by atoms with Crippen LogP contribution in [0.1, 0.15) is 17.7 Å². The summed E-state index contributed by atoms with van der Waals surface area (Å²) in [7, 11) is 1.79. The second kappa shape index (κ2) is 7.78. The number of hydrogen-bond acceptors (Lipinski definition) is 3. The highest BCUT2D eigenvalue weighted by Gasteiger charge is 2.35. The van der Waals surface area contributed by atoms with E-state index < -0.39 is 0 Å². The van der Waals surface area contributed by atoms with Gasteiger partial charge < -0.3 is 9.80 Å². The van der Waals surface area contributed by atoms with E-state index in [1.54, 1.807) is 23.0 Å². The van der Waals surface area contributed by atoms with Crippen LogP contribution in [-0.4, -0.2) is 40.2 Å². The summed E-state index contributed by atoms with van der Waals surface area (Å²) in [6, 6.07) is 13.5. The van der Waals surface area contributed by atoms with E-state index in [4.69, 9.17) is 0 Å². The van der Waals surface area contributed by atoms with Crippen LogP contribution in [0.25, 0.3) is 0 Å². The van der Waals surface area contributed by atoms with Gasteiger partial charge in [0.25, 0.3) is 0 Å². The van der Waals surface area contributed by atoms with Crippen LogP contribution < -0.4 is 0 Å². The van der Waals surface area contributed by atoms with Crippen molar-refractivity contribution in [3.8, 4) is 0 Å². The highest BCUT2D eigenvalue weighted by Crippen LogP contribution is 2.23. The molecule has 1 aliphatic rings. The van der Waals surface area contributed by atoms with E-state index in [0.717, 1.165) is 15.7 Å². The normalized spacial score (nSPS) is 17.0. The number of carbonyl (C=O) groups is 2. The van der Waals surface area contributed by atoms with Crippen LogP contribution in [0.4, 0.5) is 0 Å². The molecule has 1 fully saturated rings. The molecule has 130 valence electrons. The first-order valence-corrected chi connectivity index (χ1v) is 9.00. The Bertz CT molecular complexity index is 766. The summed E-state index contributed by atoms with van der Waals surface area (Å²) in [6.07, 6.45) is 1.98. The molecule has 1 atom stereocenters. The molecule has 1 aromatic heterocycles. The molecule has 0 saturated carbocycles. The molecule has 2 amide bonds. The van der Waals surface area contributed by atoms with Crippen LogP contribution in [0.15, 0.2) is 53.1 Å². The van der Waals surface area contributed by atoms with Gasteiger partial charge in [-0.2, -0.15) is 0 Å². The smallest absolute Gasteiger partial charge is 0.228 e. The first-order valence-electron chi connectivity index (χ1n) is 8.20. The third kappa shape index (κ3) is 4.25. The number of benzene rings is 1. The number of nitrogens with zero attached hydrogens (tertiary/aromatic N) is 3. The lowest BCUT2D eigenvalue weighted by Gasteiger charge is -2.22. The monoisotopic (exact) mass is 401 g/mol. The Morgan fingerprint density at radius 1 is 1.28 bits per heavy atom. The molecule has 1 aromatic carbocycles. The van der Waals surface area contributed by atoms with Crippen molar-refractivity contribution < 1.29 is 9.59 Å². The van der Waals surface area contributed by atoms with E-state index in [2.05, 4.69) is 20.9 Å². The minimum absolute atomic E-state index is 0.00706. The van der Waals surface area contributed by atoms with Gasteiger partial charge in [-0.3, -0.25) is 14.6 Å². The second-order valence-corrected chi connectivity index (χ2v) is 7.14. The van der Waals surface area contributed by atoms with Gasteiger partial charge in [0.2, 0.25) is 11.8 Å². The minimum Gasteiger partial charge on any atom is -0.341 e. The van der Waals surface area contributed by atoms with Crippen LogP contribution in [0.3, 0.4) is 0 Å². The van der Waals surface area contributed by atoms with Gasteiger partial charge in [-0.1, -0.05) is 40.2 Å². The summed E-state index contributed by atoms with van der Waals surface area (Å²) in [4.78, 5) is 32.6. The Morgan fingerprint density at radius 2 is 2.04 bits per heavy atom. The number of carbonyl (C=O) groups excluding carboxylic acids is 2. The summed E-state index contributed by atoms with van der Waals surface area (Å²) in [5, 5.41) is 0. The minimum atomic E-state index is -0.288. The number of likely N-dealkylation sites (tertiary alicyclic amines) is 1. The zero-order chi connectivity index (χ0) is 17.8. The Balaban J connectivity index is 1.61. The molecule has 6 heteroatoms. The van der Waals surface area contributed by atoms with Gasteiger partial charge in [-0.05, 0) is 23.8 Å². The zero-order valence-electron chi connectivity index (χ0n) is 14.1. The molecule has 1 saturated heterocycles. The van der Waals surface area contributed by atoms with E-state index in [0.29, 0.717) is 19.6 Å². The molecule has 0 bridgehead atoms. The van der Waals surface area contributed by atoms with Crippen molar-refractivity contribution >= 4 is 27.7 Å². The Morgan fingerprint density at radius 3 is 2.76 bits per heavy atom. The Kier molecular flexibility index (Phi) is 5.48. The SMILES string of the molecule is CN(Cc1ccccc1Br)C(=O)[C@@H]1CC(=O)N(Cc2ccccn2)C1. The summed E-state index contributed by atoms with van der Waals surface area (Å²) >= 11 is 3.51. The predicted molar refractivity (Wildman–Crippen MR) is 98.4 cm³/mol. The van der Waals surface area contributed by atoms with Crippen LogP contribution in [0, 0.1) is 5.92 Å². The van der Waals surface area contributed by atoms with Gasteiger partial charge >= 0.3 is 0 Å². The fourth-order valence-electron chi connectivity index (χ4n) is 3.05.